The van der Waals surface area contributed by atoms with Crippen LogP contribution in [0.1, 0.15) is 41.6 Å². The lowest BCUT2D eigenvalue weighted by atomic mass is 9.91. The molecular formula is C31H33ClN6O2. The summed E-state index contributed by atoms with van der Waals surface area (Å²) < 4.78 is 0. The lowest BCUT2D eigenvalue weighted by molar-refractivity contribution is -0.121. The van der Waals surface area contributed by atoms with Crippen LogP contribution in [0.25, 0.3) is 10.9 Å². The summed E-state index contributed by atoms with van der Waals surface area (Å²) in [6.07, 6.45) is 3.65. The van der Waals surface area contributed by atoms with Gasteiger partial charge in [-0.25, -0.2) is 4.98 Å². The van der Waals surface area contributed by atoms with Gasteiger partial charge in [-0.2, -0.15) is 4.98 Å². The van der Waals surface area contributed by atoms with Crippen molar-refractivity contribution in [1.29, 1.82) is 0 Å². The highest BCUT2D eigenvalue weighted by atomic mass is 35.5. The first-order chi connectivity index (χ1) is 19.4. The van der Waals surface area contributed by atoms with Crippen molar-refractivity contribution in [1.82, 2.24) is 15.3 Å². The molecule has 0 radical (unpaired) electrons. The highest BCUT2D eigenvalue weighted by molar-refractivity contribution is 6.31. The van der Waals surface area contributed by atoms with E-state index in [1.54, 1.807) is 36.4 Å². The molecule has 1 heterocycles. The number of carbonyl (C=O) groups is 2. The minimum absolute atomic E-state index is 0.0899. The highest BCUT2D eigenvalue weighted by Gasteiger charge is 2.24. The van der Waals surface area contributed by atoms with Gasteiger partial charge < -0.3 is 20.9 Å². The molecule has 0 aliphatic heterocycles. The molecule has 0 unspecified atom stereocenters. The molecule has 1 aliphatic carbocycles. The van der Waals surface area contributed by atoms with Gasteiger partial charge in [-0.15, -0.1) is 0 Å². The van der Waals surface area contributed by atoms with E-state index >= 15 is 0 Å². The molecule has 40 heavy (non-hydrogen) atoms. The lowest BCUT2D eigenvalue weighted by Gasteiger charge is -2.30. The second kappa shape index (κ2) is 12.3. The number of rotatable bonds is 8. The van der Waals surface area contributed by atoms with Gasteiger partial charge in [-0.1, -0.05) is 48.0 Å². The van der Waals surface area contributed by atoms with Gasteiger partial charge in [-0.05, 0) is 67.6 Å². The quantitative estimate of drug-likeness (QED) is 0.258. The summed E-state index contributed by atoms with van der Waals surface area (Å²) in [7, 11) is 3.97. The third-order valence-corrected chi connectivity index (χ3v) is 7.36. The van der Waals surface area contributed by atoms with Gasteiger partial charge in [0.2, 0.25) is 11.9 Å². The fourth-order valence-electron chi connectivity index (χ4n) is 5.14. The Hall–Kier alpha value is -4.17. The zero-order valence-electron chi connectivity index (χ0n) is 22.7. The van der Waals surface area contributed by atoms with Crippen LogP contribution in [0.15, 0.2) is 72.8 Å². The first-order valence-electron chi connectivity index (χ1n) is 13.5. The molecule has 4 aromatic rings. The Morgan fingerprint density at radius 3 is 2.40 bits per heavy atom. The molecule has 3 N–H and O–H groups in total. The molecule has 0 bridgehead atoms. The van der Waals surface area contributed by atoms with E-state index in [1.807, 2.05) is 55.4 Å². The summed E-state index contributed by atoms with van der Waals surface area (Å²) in [5, 5.41) is 11.1. The summed E-state index contributed by atoms with van der Waals surface area (Å²) in [4.78, 5) is 37.4. The van der Waals surface area contributed by atoms with E-state index in [0.29, 0.717) is 27.8 Å². The van der Waals surface area contributed by atoms with Crippen molar-refractivity contribution in [2.45, 2.75) is 44.2 Å². The third-order valence-electron chi connectivity index (χ3n) is 7.13. The van der Waals surface area contributed by atoms with Crippen molar-refractivity contribution in [2.75, 3.05) is 29.6 Å². The number of halogens is 1. The third kappa shape index (κ3) is 6.69. The Morgan fingerprint density at radius 2 is 1.62 bits per heavy atom. The number of carbonyl (C=O) groups excluding carboxylic acids is 2. The maximum atomic E-state index is 13.0. The van der Waals surface area contributed by atoms with Crippen LogP contribution in [0.5, 0.6) is 0 Å². The number of fused-ring (bicyclic) bond motifs is 1. The van der Waals surface area contributed by atoms with Crippen LogP contribution in [0, 0.1) is 0 Å². The summed E-state index contributed by atoms with van der Waals surface area (Å²) in [6, 6.07) is 22.5. The molecule has 2 amide bonds. The van der Waals surface area contributed by atoms with Gasteiger partial charge in [0.15, 0.2) is 0 Å². The molecule has 0 saturated heterocycles. The number of amides is 2. The summed E-state index contributed by atoms with van der Waals surface area (Å²) in [5.41, 5.74) is 2.67. The maximum Gasteiger partial charge on any atom is 0.255 e. The maximum absolute atomic E-state index is 13.0. The first kappa shape index (κ1) is 27.4. The van der Waals surface area contributed by atoms with Crippen LogP contribution in [-0.2, 0) is 11.2 Å². The molecular weight excluding hydrogens is 524 g/mol. The van der Waals surface area contributed by atoms with E-state index < -0.39 is 0 Å². The number of anilines is 3. The number of aromatic nitrogens is 2. The molecule has 0 atom stereocenters. The van der Waals surface area contributed by atoms with E-state index in [-0.39, 0.29) is 30.3 Å². The number of benzene rings is 3. The predicted octanol–water partition coefficient (Wildman–Crippen LogP) is 5.68. The molecule has 1 saturated carbocycles. The molecule has 5 rings (SSSR count). The van der Waals surface area contributed by atoms with Crippen molar-refractivity contribution < 1.29 is 9.59 Å². The molecule has 1 fully saturated rings. The Balaban J connectivity index is 1.15. The van der Waals surface area contributed by atoms with Crippen LogP contribution in [-0.4, -0.2) is 48.0 Å². The van der Waals surface area contributed by atoms with Crippen molar-refractivity contribution in [3.8, 4) is 0 Å². The fraction of sp³-hybridized carbons (Fsp3) is 0.290. The fourth-order valence-corrected chi connectivity index (χ4v) is 5.33. The average Bonchev–Trinajstić information content (AvgIpc) is 2.94. The van der Waals surface area contributed by atoms with E-state index in [0.717, 1.165) is 42.4 Å². The zero-order valence-corrected chi connectivity index (χ0v) is 23.4. The Morgan fingerprint density at radius 1 is 0.900 bits per heavy atom. The average molecular weight is 557 g/mol. The van der Waals surface area contributed by atoms with Gasteiger partial charge >= 0.3 is 0 Å². The number of nitrogens with zero attached hydrogens (tertiary/aromatic N) is 3. The van der Waals surface area contributed by atoms with Gasteiger partial charge in [0.1, 0.15) is 5.82 Å². The molecule has 1 aliphatic rings. The topological polar surface area (TPSA) is 99.3 Å². The lowest BCUT2D eigenvalue weighted by Crippen LogP contribution is -2.41. The van der Waals surface area contributed by atoms with E-state index in [1.165, 1.54) is 0 Å². The van der Waals surface area contributed by atoms with Gasteiger partial charge in [0.05, 0.1) is 11.9 Å². The summed E-state index contributed by atoms with van der Waals surface area (Å²) in [6.45, 7) is 0. The summed E-state index contributed by atoms with van der Waals surface area (Å²) in [5.74, 6) is 1.15. The van der Waals surface area contributed by atoms with Crippen LogP contribution in [0.2, 0.25) is 5.02 Å². The van der Waals surface area contributed by atoms with Gasteiger partial charge in [0, 0.05) is 47.8 Å². The normalized spacial score (nSPS) is 16.8. The SMILES string of the molecule is CN(C)c1nc(N[C@H]2CC[C@@H](NC(=O)Cc3ccccc3C(=O)Nc3cccc(Cl)c3)CC2)nc2ccccc12. The summed E-state index contributed by atoms with van der Waals surface area (Å²) >= 11 is 6.04. The van der Waals surface area contributed by atoms with Crippen molar-refractivity contribution in [2.24, 2.45) is 0 Å². The minimum atomic E-state index is -0.273. The number of hydrogen-bond acceptors (Lipinski definition) is 6. The highest BCUT2D eigenvalue weighted by Crippen LogP contribution is 2.26. The van der Waals surface area contributed by atoms with Crippen LogP contribution >= 0.6 is 11.6 Å². The number of nitrogens with one attached hydrogen (secondary N) is 3. The monoisotopic (exact) mass is 556 g/mol. The Kier molecular flexibility index (Phi) is 8.45. The molecule has 8 nitrogen and oxygen atoms in total. The standard InChI is InChI=1S/C31H33ClN6O2/c1-38(2)29-26-12-5-6-13-27(26)36-31(37-29)35-23-16-14-22(15-17-23)33-28(39)18-20-8-3-4-11-25(20)30(40)34-24-10-7-9-21(32)19-24/h3-13,19,22-23H,14-18H2,1-2H3,(H,33,39)(H,34,40)(H,35,36,37)/t22-,23+. The van der Waals surface area contributed by atoms with Crippen LogP contribution < -0.4 is 20.9 Å². The Labute approximate surface area is 239 Å². The van der Waals surface area contributed by atoms with E-state index in [2.05, 4.69) is 16.0 Å². The predicted molar refractivity (Wildman–Crippen MR) is 161 cm³/mol. The van der Waals surface area contributed by atoms with E-state index in [4.69, 9.17) is 21.6 Å². The molecule has 0 spiro atoms. The molecule has 1 aromatic heterocycles. The van der Waals surface area contributed by atoms with Crippen LogP contribution in [0.3, 0.4) is 0 Å². The van der Waals surface area contributed by atoms with Gasteiger partial charge in [-0.3, -0.25) is 9.59 Å². The number of para-hydroxylation sites is 1. The largest absolute Gasteiger partial charge is 0.362 e. The van der Waals surface area contributed by atoms with Crippen molar-refractivity contribution in [3.05, 3.63) is 88.9 Å². The smallest absolute Gasteiger partial charge is 0.255 e. The minimum Gasteiger partial charge on any atom is -0.362 e. The number of hydrogen-bond donors (Lipinski definition) is 3. The van der Waals surface area contributed by atoms with Gasteiger partial charge in [0.25, 0.3) is 5.91 Å². The zero-order chi connectivity index (χ0) is 28.1. The molecule has 3 aromatic carbocycles. The Bertz CT molecular complexity index is 1520. The van der Waals surface area contributed by atoms with Crippen molar-refractivity contribution in [3.63, 3.8) is 0 Å². The van der Waals surface area contributed by atoms with Crippen LogP contribution in [0.4, 0.5) is 17.5 Å². The first-order valence-corrected chi connectivity index (χ1v) is 13.9. The molecule has 206 valence electrons. The second-order valence-electron chi connectivity index (χ2n) is 10.3. The molecule has 9 heteroatoms. The van der Waals surface area contributed by atoms with E-state index in [9.17, 15) is 9.59 Å². The second-order valence-corrected chi connectivity index (χ2v) is 10.8. The van der Waals surface area contributed by atoms with Crippen molar-refractivity contribution >= 4 is 51.8 Å².